The molecule has 1 N–H and O–H groups in total. The average molecular weight is 343 g/mol. The molecule has 1 heterocycles. The van der Waals surface area contributed by atoms with E-state index in [1.807, 2.05) is 6.20 Å². The third-order valence-electron chi connectivity index (χ3n) is 4.15. The highest BCUT2D eigenvalue weighted by Gasteiger charge is 2.35. The number of likely N-dealkylation sites (N-methyl/N-ethyl adjacent to an activating group) is 1. The number of rotatable bonds is 7. The van der Waals surface area contributed by atoms with E-state index in [1.54, 1.807) is 0 Å². The van der Waals surface area contributed by atoms with Crippen molar-refractivity contribution in [2.45, 2.75) is 45.2 Å². The first-order valence-electron chi connectivity index (χ1n) is 7.58. The zero-order valence-electron chi connectivity index (χ0n) is 13.1. The van der Waals surface area contributed by atoms with Crippen LogP contribution in [0.25, 0.3) is 0 Å². The van der Waals surface area contributed by atoms with Crippen molar-refractivity contribution in [2.24, 2.45) is 5.92 Å². The van der Waals surface area contributed by atoms with Gasteiger partial charge >= 0.3 is 0 Å². The Balaban J connectivity index is 2.02. The van der Waals surface area contributed by atoms with Gasteiger partial charge in [-0.05, 0) is 55.3 Å². The van der Waals surface area contributed by atoms with Gasteiger partial charge in [-0.1, -0.05) is 13.8 Å². The largest absolute Gasteiger partial charge is 0.314 e. The van der Waals surface area contributed by atoms with Gasteiger partial charge in [-0.15, -0.1) is 0 Å². The quantitative estimate of drug-likeness (QED) is 0.826. The van der Waals surface area contributed by atoms with Crippen LogP contribution < -0.4 is 5.32 Å². The molecular weight excluding hydrogens is 316 g/mol. The molecule has 1 aromatic heterocycles. The van der Waals surface area contributed by atoms with E-state index in [0.29, 0.717) is 12.0 Å². The molecule has 2 unspecified atom stereocenters. The van der Waals surface area contributed by atoms with Crippen LogP contribution in [0.15, 0.2) is 10.7 Å². The van der Waals surface area contributed by atoms with Crippen LogP contribution in [0.1, 0.15) is 38.3 Å². The van der Waals surface area contributed by atoms with Gasteiger partial charge in [0.05, 0.1) is 22.9 Å². The molecule has 0 radical (unpaired) electrons. The van der Waals surface area contributed by atoms with Gasteiger partial charge in [0.25, 0.3) is 0 Å². The van der Waals surface area contributed by atoms with Crippen molar-refractivity contribution < 1.29 is 0 Å². The van der Waals surface area contributed by atoms with Gasteiger partial charge in [-0.3, -0.25) is 4.68 Å². The van der Waals surface area contributed by atoms with Crippen molar-refractivity contribution in [2.75, 3.05) is 27.2 Å². The van der Waals surface area contributed by atoms with E-state index < -0.39 is 0 Å². The average Bonchev–Trinajstić information content (AvgIpc) is 2.67. The summed E-state index contributed by atoms with van der Waals surface area (Å²) in [6, 6.07) is 0.568. The van der Waals surface area contributed by atoms with Crippen LogP contribution in [0.3, 0.4) is 0 Å². The Hall–Kier alpha value is -0.390. The van der Waals surface area contributed by atoms with Crippen molar-refractivity contribution >= 4 is 15.9 Å². The van der Waals surface area contributed by atoms with Crippen molar-refractivity contribution in [3.63, 3.8) is 0 Å². The standard InChI is InChI=1S/C15H27BrN4/c1-11(2)17-9-12-5-6-13(12)15-14(16)10-18-20(15)8-7-19(3)4/h10-13,17H,5-9H2,1-4H3. The van der Waals surface area contributed by atoms with E-state index in [2.05, 4.69) is 63.9 Å². The monoisotopic (exact) mass is 342 g/mol. The second-order valence-electron chi connectivity index (χ2n) is 6.41. The minimum absolute atomic E-state index is 0.568. The van der Waals surface area contributed by atoms with Gasteiger partial charge in [0.2, 0.25) is 0 Å². The third kappa shape index (κ3) is 3.83. The Morgan fingerprint density at radius 1 is 1.45 bits per heavy atom. The summed E-state index contributed by atoms with van der Waals surface area (Å²) in [5.74, 6) is 1.41. The van der Waals surface area contributed by atoms with Crippen LogP contribution in [0.5, 0.6) is 0 Å². The van der Waals surface area contributed by atoms with Crippen LogP contribution in [-0.4, -0.2) is 47.9 Å². The predicted molar refractivity (Wildman–Crippen MR) is 87.1 cm³/mol. The molecule has 1 aliphatic carbocycles. The second-order valence-corrected chi connectivity index (χ2v) is 7.27. The summed E-state index contributed by atoms with van der Waals surface area (Å²) in [4.78, 5) is 2.21. The molecule has 20 heavy (non-hydrogen) atoms. The summed E-state index contributed by atoms with van der Waals surface area (Å²) in [6.07, 6.45) is 4.57. The maximum absolute atomic E-state index is 4.54. The fraction of sp³-hybridized carbons (Fsp3) is 0.800. The Morgan fingerprint density at radius 3 is 2.75 bits per heavy atom. The van der Waals surface area contributed by atoms with Crippen LogP contribution in [0, 0.1) is 5.92 Å². The molecule has 5 heteroatoms. The molecule has 114 valence electrons. The van der Waals surface area contributed by atoms with Gasteiger partial charge in [-0.2, -0.15) is 5.10 Å². The number of nitrogens with zero attached hydrogens (tertiary/aromatic N) is 3. The van der Waals surface area contributed by atoms with Crippen molar-refractivity contribution in [1.82, 2.24) is 20.0 Å². The first kappa shape index (κ1) is 16.0. The third-order valence-corrected chi connectivity index (χ3v) is 4.76. The Kier molecular flexibility index (Phi) is 5.64. The van der Waals surface area contributed by atoms with Crippen molar-refractivity contribution in [3.8, 4) is 0 Å². The lowest BCUT2D eigenvalue weighted by molar-refractivity contribution is 0.226. The molecular formula is C15H27BrN4. The molecule has 0 saturated heterocycles. The molecule has 0 aromatic carbocycles. The fourth-order valence-electron chi connectivity index (χ4n) is 2.77. The molecule has 2 atom stereocenters. The zero-order chi connectivity index (χ0) is 14.7. The van der Waals surface area contributed by atoms with E-state index in [1.165, 1.54) is 23.0 Å². The molecule has 0 spiro atoms. The van der Waals surface area contributed by atoms with Gasteiger partial charge < -0.3 is 10.2 Å². The lowest BCUT2D eigenvalue weighted by Crippen LogP contribution is -2.38. The number of nitrogens with one attached hydrogen (secondary N) is 1. The highest BCUT2D eigenvalue weighted by Crippen LogP contribution is 2.44. The molecule has 1 aromatic rings. The highest BCUT2D eigenvalue weighted by molar-refractivity contribution is 9.10. The summed E-state index contributed by atoms with van der Waals surface area (Å²) >= 11 is 3.69. The molecule has 0 bridgehead atoms. The Morgan fingerprint density at radius 2 is 2.20 bits per heavy atom. The smallest absolute Gasteiger partial charge is 0.0635 e. The Labute approximate surface area is 131 Å². The van der Waals surface area contributed by atoms with Gasteiger partial charge in [0, 0.05) is 18.5 Å². The molecule has 1 saturated carbocycles. The molecule has 4 nitrogen and oxygen atoms in total. The SMILES string of the molecule is CC(C)NCC1CCC1c1c(Br)cnn1CCN(C)C. The van der Waals surface area contributed by atoms with E-state index in [4.69, 9.17) is 0 Å². The summed E-state index contributed by atoms with van der Waals surface area (Å²) in [5.41, 5.74) is 1.40. The second kappa shape index (κ2) is 7.05. The van der Waals surface area contributed by atoms with E-state index in [0.717, 1.165) is 25.6 Å². The predicted octanol–water partition coefficient (Wildman–Crippen LogP) is 2.70. The molecule has 1 aliphatic rings. The lowest BCUT2D eigenvalue weighted by Gasteiger charge is -2.38. The van der Waals surface area contributed by atoms with Crippen LogP contribution >= 0.6 is 15.9 Å². The first-order chi connectivity index (χ1) is 9.49. The van der Waals surface area contributed by atoms with Gasteiger partial charge in [0.15, 0.2) is 0 Å². The summed E-state index contributed by atoms with van der Waals surface area (Å²) < 4.78 is 3.37. The molecule has 1 fully saturated rings. The summed E-state index contributed by atoms with van der Waals surface area (Å²) in [6.45, 7) is 7.54. The molecule has 0 aliphatic heterocycles. The minimum Gasteiger partial charge on any atom is -0.314 e. The number of aromatic nitrogens is 2. The van der Waals surface area contributed by atoms with E-state index in [9.17, 15) is 0 Å². The first-order valence-corrected chi connectivity index (χ1v) is 8.37. The van der Waals surface area contributed by atoms with Gasteiger partial charge in [-0.25, -0.2) is 0 Å². The number of halogens is 1. The normalized spacial score (nSPS) is 22.6. The molecule has 2 rings (SSSR count). The lowest BCUT2D eigenvalue weighted by atomic mass is 9.71. The summed E-state index contributed by atoms with van der Waals surface area (Å²) in [5, 5.41) is 8.12. The Bertz CT molecular complexity index is 428. The highest BCUT2D eigenvalue weighted by atomic mass is 79.9. The van der Waals surface area contributed by atoms with Crippen molar-refractivity contribution in [1.29, 1.82) is 0 Å². The van der Waals surface area contributed by atoms with Crippen LogP contribution in [0.4, 0.5) is 0 Å². The zero-order valence-corrected chi connectivity index (χ0v) is 14.7. The number of hydrogen-bond acceptors (Lipinski definition) is 3. The van der Waals surface area contributed by atoms with Crippen LogP contribution in [0.2, 0.25) is 0 Å². The summed E-state index contributed by atoms with van der Waals surface area (Å²) in [7, 11) is 4.22. The fourth-order valence-corrected chi connectivity index (χ4v) is 3.36. The minimum atomic E-state index is 0.568. The maximum Gasteiger partial charge on any atom is 0.0635 e. The van der Waals surface area contributed by atoms with Crippen molar-refractivity contribution in [3.05, 3.63) is 16.4 Å². The molecule has 0 amide bonds. The van der Waals surface area contributed by atoms with Gasteiger partial charge in [0.1, 0.15) is 0 Å². The number of hydrogen-bond donors (Lipinski definition) is 1. The van der Waals surface area contributed by atoms with E-state index in [-0.39, 0.29) is 0 Å². The maximum atomic E-state index is 4.54. The van der Waals surface area contributed by atoms with E-state index >= 15 is 0 Å². The van der Waals surface area contributed by atoms with Crippen LogP contribution in [-0.2, 0) is 6.54 Å². The topological polar surface area (TPSA) is 33.1 Å².